The summed E-state index contributed by atoms with van der Waals surface area (Å²) in [4.78, 5) is 12.6. The number of aromatic amines is 1. The van der Waals surface area contributed by atoms with Crippen molar-refractivity contribution in [2.75, 3.05) is 13.7 Å². The molecule has 0 spiro atoms. The maximum absolute atomic E-state index is 12.6. The molecule has 2 aromatic carbocycles. The summed E-state index contributed by atoms with van der Waals surface area (Å²) in [5, 5.41) is 9.61. The van der Waals surface area contributed by atoms with Crippen molar-refractivity contribution in [2.24, 2.45) is 0 Å². The van der Waals surface area contributed by atoms with E-state index in [-0.39, 0.29) is 19.1 Å². The minimum Gasteiger partial charge on any atom is -0.497 e. The maximum Gasteiger partial charge on any atom is 0.411 e. The van der Waals surface area contributed by atoms with Gasteiger partial charge in [-0.3, -0.25) is 9.89 Å². The van der Waals surface area contributed by atoms with E-state index in [2.05, 4.69) is 20.3 Å². The fourth-order valence-corrected chi connectivity index (χ4v) is 2.75. The molecule has 158 valence electrons. The first-order chi connectivity index (χ1) is 14.4. The van der Waals surface area contributed by atoms with Gasteiger partial charge >= 0.3 is 6.18 Å². The van der Waals surface area contributed by atoms with Crippen molar-refractivity contribution in [1.29, 1.82) is 0 Å². The third-order valence-electron chi connectivity index (χ3n) is 4.27. The van der Waals surface area contributed by atoms with Crippen LogP contribution in [-0.2, 0) is 17.9 Å². The van der Waals surface area contributed by atoms with Gasteiger partial charge in [-0.05, 0) is 35.4 Å². The van der Waals surface area contributed by atoms with Crippen molar-refractivity contribution in [3.63, 3.8) is 0 Å². The van der Waals surface area contributed by atoms with Crippen LogP contribution in [0.1, 0.15) is 21.5 Å². The number of methoxy groups -OCH3 is 1. The minimum atomic E-state index is -4.35. The van der Waals surface area contributed by atoms with E-state index in [0.29, 0.717) is 22.6 Å². The van der Waals surface area contributed by atoms with E-state index >= 15 is 0 Å². The number of hydrogen-bond donors (Lipinski definition) is 2. The quantitative estimate of drug-likeness (QED) is 0.577. The van der Waals surface area contributed by atoms with Gasteiger partial charge in [0.15, 0.2) is 0 Å². The Morgan fingerprint density at radius 2 is 1.73 bits per heavy atom. The number of rotatable bonds is 8. The Morgan fingerprint density at radius 3 is 2.37 bits per heavy atom. The Hall–Kier alpha value is -3.33. The lowest BCUT2D eigenvalue weighted by Gasteiger charge is -2.09. The van der Waals surface area contributed by atoms with Gasteiger partial charge < -0.3 is 14.8 Å². The molecule has 9 heteroatoms. The third kappa shape index (κ3) is 5.84. The molecule has 3 rings (SSSR count). The van der Waals surface area contributed by atoms with E-state index in [1.54, 1.807) is 43.5 Å². The zero-order chi connectivity index (χ0) is 21.6. The average molecular weight is 419 g/mol. The minimum absolute atomic E-state index is 0.133. The van der Waals surface area contributed by atoms with Gasteiger partial charge in [0.2, 0.25) is 0 Å². The molecule has 3 aromatic rings. The standard InChI is InChI=1S/C21H20F3N3O3/c1-29-17-8-6-16(7-9-17)19-18(11-26-27-19)20(28)25-10-14-2-4-15(5-3-14)12-30-13-21(22,23)24/h2-9,11H,10,12-13H2,1H3,(H,25,28)(H,26,27). The van der Waals surface area contributed by atoms with Gasteiger partial charge in [0.1, 0.15) is 12.4 Å². The predicted octanol–water partition coefficient (Wildman–Crippen LogP) is 4.09. The molecule has 0 fully saturated rings. The number of hydrogen-bond acceptors (Lipinski definition) is 4. The van der Waals surface area contributed by atoms with Gasteiger partial charge in [-0.1, -0.05) is 24.3 Å². The van der Waals surface area contributed by atoms with Crippen molar-refractivity contribution in [3.05, 3.63) is 71.4 Å². The lowest BCUT2D eigenvalue weighted by molar-refractivity contribution is -0.176. The van der Waals surface area contributed by atoms with Gasteiger partial charge in [-0.25, -0.2) is 0 Å². The molecule has 30 heavy (non-hydrogen) atoms. The Kier molecular flexibility index (Phi) is 6.73. The number of carbonyl (C=O) groups excluding carboxylic acids is 1. The second-order valence-corrected chi connectivity index (χ2v) is 6.49. The van der Waals surface area contributed by atoms with Crippen molar-refractivity contribution < 1.29 is 27.4 Å². The van der Waals surface area contributed by atoms with Crippen LogP contribution in [0.3, 0.4) is 0 Å². The number of H-pyrrole nitrogens is 1. The highest BCUT2D eigenvalue weighted by molar-refractivity contribution is 5.99. The summed E-state index contributed by atoms with van der Waals surface area (Å²) in [6.07, 6.45) is -2.89. The number of benzene rings is 2. The van der Waals surface area contributed by atoms with Crippen LogP contribution < -0.4 is 10.1 Å². The Balaban J connectivity index is 1.56. The summed E-state index contributed by atoms with van der Waals surface area (Å²) in [6, 6.07) is 14.0. The molecular formula is C21H20F3N3O3. The van der Waals surface area contributed by atoms with Crippen LogP contribution in [0, 0.1) is 0 Å². The van der Waals surface area contributed by atoms with E-state index in [0.717, 1.165) is 11.1 Å². The number of alkyl halides is 3. The fourth-order valence-electron chi connectivity index (χ4n) is 2.75. The molecule has 1 aromatic heterocycles. The number of nitrogens with one attached hydrogen (secondary N) is 2. The van der Waals surface area contributed by atoms with Crippen LogP contribution in [-0.4, -0.2) is 36.0 Å². The van der Waals surface area contributed by atoms with Crippen LogP contribution in [0.15, 0.2) is 54.7 Å². The number of nitrogens with zero attached hydrogens (tertiary/aromatic N) is 1. The van der Waals surface area contributed by atoms with Gasteiger partial charge in [0.25, 0.3) is 5.91 Å². The average Bonchev–Trinajstić information content (AvgIpc) is 3.22. The lowest BCUT2D eigenvalue weighted by Crippen LogP contribution is -2.23. The van der Waals surface area contributed by atoms with Crippen LogP contribution in [0.4, 0.5) is 13.2 Å². The molecule has 2 N–H and O–H groups in total. The topological polar surface area (TPSA) is 76.2 Å². The molecule has 0 atom stereocenters. The molecule has 0 bridgehead atoms. The first-order valence-corrected chi connectivity index (χ1v) is 9.04. The number of carbonyl (C=O) groups is 1. The van der Waals surface area contributed by atoms with E-state index in [4.69, 9.17) is 4.74 Å². The van der Waals surface area contributed by atoms with E-state index in [1.807, 2.05) is 12.1 Å². The molecule has 6 nitrogen and oxygen atoms in total. The summed E-state index contributed by atoms with van der Waals surface area (Å²) in [6.45, 7) is -1.16. The summed E-state index contributed by atoms with van der Waals surface area (Å²) in [7, 11) is 1.58. The summed E-state index contributed by atoms with van der Waals surface area (Å²) in [5.41, 5.74) is 3.20. The Morgan fingerprint density at radius 1 is 1.07 bits per heavy atom. The molecule has 0 saturated heterocycles. The van der Waals surface area contributed by atoms with Gasteiger partial charge in [-0.15, -0.1) is 0 Å². The normalized spacial score (nSPS) is 11.3. The van der Waals surface area contributed by atoms with Crippen molar-refractivity contribution in [1.82, 2.24) is 15.5 Å². The highest BCUT2D eigenvalue weighted by atomic mass is 19.4. The zero-order valence-corrected chi connectivity index (χ0v) is 16.1. The summed E-state index contributed by atoms with van der Waals surface area (Å²) < 4.78 is 46.1. The monoisotopic (exact) mass is 419 g/mol. The van der Waals surface area contributed by atoms with E-state index in [1.165, 1.54) is 6.20 Å². The number of ether oxygens (including phenoxy) is 2. The molecule has 1 amide bonds. The first-order valence-electron chi connectivity index (χ1n) is 9.04. The number of amides is 1. The lowest BCUT2D eigenvalue weighted by atomic mass is 10.1. The third-order valence-corrected chi connectivity index (χ3v) is 4.27. The second-order valence-electron chi connectivity index (χ2n) is 6.49. The second kappa shape index (κ2) is 9.45. The summed E-state index contributed by atoms with van der Waals surface area (Å²) in [5.74, 6) is 0.406. The molecule has 0 aliphatic heterocycles. The number of halogens is 3. The van der Waals surface area contributed by atoms with Crippen molar-refractivity contribution in [3.8, 4) is 17.0 Å². The first kappa shape index (κ1) is 21.4. The van der Waals surface area contributed by atoms with Crippen LogP contribution in [0.5, 0.6) is 5.75 Å². The van der Waals surface area contributed by atoms with Crippen LogP contribution >= 0.6 is 0 Å². The van der Waals surface area contributed by atoms with E-state index in [9.17, 15) is 18.0 Å². The van der Waals surface area contributed by atoms with Gasteiger partial charge in [0, 0.05) is 12.1 Å². The van der Waals surface area contributed by atoms with Gasteiger partial charge in [-0.2, -0.15) is 18.3 Å². The SMILES string of the molecule is COc1ccc(-c2[nH]ncc2C(=O)NCc2ccc(COCC(F)(F)F)cc2)cc1. The Bertz CT molecular complexity index is 968. The van der Waals surface area contributed by atoms with E-state index < -0.39 is 12.8 Å². The Labute approximate surface area is 171 Å². The van der Waals surface area contributed by atoms with Gasteiger partial charge in [0.05, 0.1) is 31.2 Å². The highest BCUT2D eigenvalue weighted by Gasteiger charge is 2.27. The highest BCUT2D eigenvalue weighted by Crippen LogP contribution is 2.23. The molecule has 0 aliphatic rings. The molecule has 0 unspecified atom stereocenters. The predicted molar refractivity (Wildman–Crippen MR) is 104 cm³/mol. The van der Waals surface area contributed by atoms with Crippen LogP contribution in [0.25, 0.3) is 11.3 Å². The largest absolute Gasteiger partial charge is 0.497 e. The maximum atomic E-state index is 12.6. The number of aromatic nitrogens is 2. The molecule has 0 aliphatic carbocycles. The summed E-state index contributed by atoms with van der Waals surface area (Å²) >= 11 is 0. The van der Waals surface area contributed by atoms with Crippen molar-refractivity contribution in [2.45, 2.75) is 19.3 Å². The smallest absolute Gasteiger partial charge is 0.411 e. The van der Waals surface area contributed by atoms with Crippen molar-refractivity contribution >= 4 is 5.91 Å². The molecular weight excluding hydrogens is 399 g/mol. The van der Waals surface area contributed by atoms with Crippen LogP contribution in [0.2, 0.25) is 0 Å². The molecule has 1 heterocycles. The zero-order valence-electron chi connectivity index (χ0n) is 16.1. The fraction of sp³-hybridized carbons (Fsp3) is 0.238. The molecule has 0 saturated carbocycles. The molecule has 0 radical (unpaired) electrons.